The van der Waals surface area contributed by atoms with Crippen LogP contribution in [-0.2, 0) is 7.05 Å². The zero-order chi connectivity index (χ0) is 21.5. The Balaban J connectivity index is 1.41. The Morgan fingerprint density at radius 3 is 2.74 bits per heavy atom. The molecule has 0 spiro atoms. The molecule has 0 aliphatic carbocycles. The molecule has 5 heterocycles. The Labute approximate surface area is 180 Å². The number of anilines is 2. The molecule has 9 heteroatoms. The summed E-state index contributed by atoms with van der Waals surface area (Å²) in [5, 5.41) is 12.3. The molecular weight excluding hydrogens is 392 g/mol. The number of ether oxygens (including phenoxy) is 1. The zero-order valence-electron chi connectivity index (χ0n) is 18.2. The average Bonchev–Trinajstić information content (AvgIpc) is 3.28. The Morgan fingerprint density at radius 2 is 2.00 bits per heavy atom. The Morgan fingerprint density at radius 1 is 1.13 bits per heavy atom. The van der Waals surface area contributed by atoms with Gasteiger partial charge in [0.05, 0.1) is 11.7 Å². The van der Waals surface area contributed by atoms with E-state index in [-0.39, 0.29) is 0 Å². The van der Waals surface area contributed by atoms with Gasteiger partial charge in [-0.3, -0.25) is 9.58 Å². The number of likely N-dealkylation sites (N-methyl/N-ethyl adjacent to an activating group) is 1. The molecule has 1 atom stereocenters. The average molecular weight is 419 g/mol. The van der Waals surface area contributed by atoms with Crippen LogP contribution in [0.1, 0.15) is 17.9 Å². The van der Waals surface area contributed by atoms with Gasteiger partial charge in [0.15, 0.2) is 11.6 Å². The van der Waals surface area contributed by atoms with Crippen LogP contribution in [-0.4, -0.2) is 60.5 Å². The molecular formula is C22H26N8O. The zero-order valence-corrected chi connectivity index (χ0v) is 18.2. The van der Waals surface area contributed by atoms with Crippen LogP contribution in [0.4, 0.5) is 11.6 Å². The summed E-state index contributed by atoms with van der Waals surface area (Å²) in [6.45, 7) is 5.64. The summed E-state index contributed by atoms with van der Waals surface area (Å²) >= 11 is 0. The third-order valence-corrected chi connectivity index (χ3v) is 5.73. The van der Waals surface area contributed by atoms with Crippen LogP contribution >= 0.6 is 0 Å². The van der Waals surface area contributed by atoms with Crippen LogP contribution < -0.4 is 10.1 Å². The highest BCUT2D eigenvalue weighted by Crippen LogP contribution is 2.31. The number of fused-ring (bicyclic) bond motifs is 1. The maximum absolute atomic E-state index is 6.13. The third kappa shape index (κ3) is 3.84. The fraction of sp³-hybridized carbons (Fsp3) is 0.364. The predicted molar refractivity (Wildman–Crippen MR) is 119 cm³/mol. The number of rotatable bonds is 6. The molecule has 1 saturated heterocycles. The van der Waals surface area contributed by atoms with Crippen LogP contribution in [0.3, 0.4) is 0 Å². The minimum absolute atomic E-state index is 0.480. The first-order chi connectivity index (χ1) is 15.0. The molecule has 5 rings (SSSR count). The quantitative estimate of drug-likeness (QED) is 0.515. The fourth-order valence-electron chi connectivity index (χ4n) is 3.93. The number of likely N-dealkylation sites (tertiary alicyclic amines) is 1. The lowest BCUT2D eigenvalue weighted by atomic mass is 10.1. The van der Waals surface area contributed by atoms with Crippen LogP contribution in [0.2, 0.25) is 0 Å². The summed E-state index contributed by atoms with van der Waals surface area (Å²) in [6.07, 6.45) is 4.92. The van der Waals surface area contributed by atoms with Gasteiger partial charge in [-0.1, -0.05) is 0 Å². The van der Waals surface area contributed by atoms with E-state index in [2.05, 4.69) is 43.5 Å². The molecule has 160 valence electrons. The van der Waals surface area contributed by atoms with Gasteiger partial charge in [-0.15, -0.1) is 0 Å². The minimum atomic E-state index is 0.480. The van der Waals surface area contributed by atoms with Crippen molar-refractivity contribution in [3.05, 3.63) is 48.2 Å². The van der Waals surface area contributed by atoms with Crippen molar-refractivity contribution in [1.29, 1.82) is 0 Å². The van der Waals surface area contributed by atoms with Crippen molar-refractivity contribution in [2.45, 2.75) is 26.3 Å². The van der Waals surface area contributed by atoms with E-state index in [1.807, 2.05) is 54.5 Å². The molecule has 31 heavy (non-hydrogen) atoms. The van der Waals surface area contributed by atoms with Crippen molar-refractivity contribution in [2.75, 3.05) is 25.5 Å². The number of pyridine rings is 1. The van der Waals surface area contributed by atoms with Gasteiger partial charge < -0.3 is 10.1 Å². The number of nitrogens with one attached hydrogen (secondary N) is 1. The van der Waals surface area contributed by atoms with Gasteiger partial charge >= 0.3 is 0 Å². The molecule has 1 N–H and O–H groups in total. The SMILES string of the molecule is Cc1cc(Nc2cc3cc(-c4c(OC[C@H]5CCN5C)cnn4C)ccn3n2)nc(C)n1. The van der Waals surface area contributed by atoms with Gasteiger partial charge in [0, 0.05) is 42.7 Å². The molecule has 1 fully saturated rings. The second-order valence-electron chi connectivity index (χ2n) is 8.10. The molecule has 1 aliphatic heterocycles. The summed E-state index contributed by atoms with van der Waals surface area (Å²) in [5.41, 5.74) is 3.87. The van der Waals surface area contributed by atoms with Crippen molar-refractivity contribution in [2.24, 2.45) is 7.05 Å². The molecule has 4 aromatic rings. The highest BCUT2D eigenvalue weighted by molar-refractivity contribution is 5.72. The lowest BCUT2D eigenvalue weighted by Crippen LogP contribution is -2.48. The Kier molecular flexibility index (Phi) is 4.82. The Bertz CT molecular complexity index is 1220. The summed E-state index contributed by atoms with van der Waals surface area (Å²) < 4.78 is 9.83. The van der Waals surface area contributed by atoms with Crippen molar-refractivity contribution < 1.29 is 4.74 Å². The lowest BCUT2D eigenvalue weighted by Gasteiger charge is -2.37. The van der Waals surface area contributed by atoms with Crippen molar-refractivity contribution in [3.8, 4) is 17.0 Å². The van der Waals surface area contributed by atoms with Crippen molar-refractivity contribution in [3.63, 3.8) is 0 Å². The van der Waals surface area contributed by atoms with Crippen molar-refractivity contribution >= 4 is 17.2 Å². The first-order valence-corrected chi connectivity index (χ1v) is 10.4. The first kappa shape index (κ1) is 19.5. The molecule has 9 nitrogen and oxygen atoms in total. The molecule has 0 saturated carbocycles. The second-order valence-corrected chi connectivity index (χ2v) is 8.10. The van der Waals surface area contributed by atoms with Gasteiger partial charge in [0.25, 0.3) is 0 Å². The monoisotopic (exact) mass is 418 g/mol. The van der Waals surface area contributed by atoms with E-state index >= 15 is 0 Å². The number of aromatic nitrogens is 6. The highest BCUT2D eigenvalue weighted by Gasteiger charge is 2.25. The largest absolute Gasteiger partial charge is 0.488 e. The standard InChI is InChI=1S/C22H26N8O/c1-14-9-20(25-15(2)24-14)26-21-11-18-10-16(5-8-30(18)27-21)22-19(12-23-29(22)4)31-13-17-6-7-28(17)3/h5,8-12,17H,6-7,13H2,1-4H3,(H,24,25,26,27)/t17-/m1/s1. The number of hydrogen-bond donors (Lipinski definition) is 1. The van der Waals surface area contributed by atoms with E-state index < -0.39 is 0 Å². The van der Waals surface area contributed by atoms with Gasteiger partial charge in [0.1, 0.15) is 23.9 Å². The van der Waals surface area contributed by atoms with E-state index in [4.69, 9.17) is 4.74 Å². The first-order valence-electron chi connectivity index (χ1n) is 10.4. The van der Waals surface area contributed by atoms with Gasteiger partial charge in [-0.25, -0.2) is 14.5 Å². The van der Waals surface area contributed by atoms with E-state index in [0.717, 1.165) is 52.2 Å². The lowest BCUT2D eigenvalue weighted by molar-refractivity contribution is 0.0771. The van der Waals surface area contributed by atoms with Crippen LogP contribution in [0, 0.1) is 13.8 Å². The molecule has 1 aliphatic rings. The summed E-state index contributed by atoms with van der Waals surface area (Å²) in [6, 6.07) is 8.50. The highest BCUT2D eigenvalue weighted by atomic mass is 16.5. The van der Waals surface area contributed by atoms with Crippen LogP contribution in [0.15, 0.2) is 36.7 Å². The molecule has 4 aromatic heterocycles. The van der Waals surface area contributed by atoms with Crippen LogP contribution in [0.5, 0.6) is 5.75 Å². The van der Waals surface area contributed by atoms with Gasteiger partial charge in [0.2, 0.25) is 0 Å². The number of aryl methyl sites for hydroxylation is 3. The van der Waals surface area contributed by atoms with E-state index in [0.29, 0.717) is 12.6 Å². The van der Waals surface area contributed by atoms with Gasteiger partial charge in [-0.05, 0) is 46.0 Å². The van der Waals surface area contributed by atoms with E-state index in [1.165, 1.54) is 6.42 Å². The molecule has 0 unspecified atom stereocenters. The smallest absolute Gasteiger partial charge is 0.165 e. The maximum Gasteiger partial charge on any atom is 0.165 e. The number of hydrogen-bond acceptors (Lipinski definition) is 7. The third-order valence-electron chi connectivity index (χ3n) is 5.73. The summed E-state index contributed by atoms with van der Waals surface area (Å²) in [4.78, 5) is 11.1. The number of nitrogens with zero attached hydrogens (tertiary/aromatic N) is 7. The van der Waals surface area contributed by atoms with E-state index in [9.17, 15) is 0 Å². The summed E-state index contributed by atoms with van der Waals surface area (Å²) in [5.74, 6) is 2.99. The summed E-state index contributed by atoms with van der Waals surface area (Å²) in [7, 11) is 4.07. The van der Waals surface area contributed by atoms with Crippen LogP contribution in [0.25, 0.3) is 16.8 Å². The normalized spacial score (nSPS) is 16.5. The van der Waals surface area contributed by atoms with E-state index in [1.54, 1.807) is 6.20 Å². The fourth-order valence-corrected chi connectivity index (χ4v) is 3.93. The predicted octanol–water partition coefficient (Wildman–Crippen LogP) is 2.97. The Hall–Kier alpha value is -3.46. The second kappa shape index (κ2) is 7.66. The molecule has 0 aromatic carbocycles. The molecule has 0 radical (unpaired) electrons. The maximum atomic E-state index is 6.13. The van der Waals surface area contributed by atoms with Gasteiger partial charge in [-0.2, -0.15) is 10.2 Å². The molecule has 0 bridgehead atoms. The minimum Gasteiger partial charge on any atom is -0.488 e. The van der Waals surface area contributed by atoms with Crippen molar-refractivity contribution in [1.82, 2.24) is 34.3 Å². The molecule has 0 amide bonds. The topological polar surface area (TPSA) is 85.4 Å².